The van der Waals surface area contributed by atoms with Gasteiger partial charge in [-0.25, -0.2) is 0 Å². The highest BCUT2D eigenvalue weighted by molar-refractivity contribution is 6.30. The summed E-state index contributed by atoms with van der Waals surface area (Å²) in [6, 6.07) is 14.9. The molecule has 0 saturated heterocycles. The fourth-order valence-electron chi connectivity index (χ4n) is 2.20. The lowest BCUT2D eigenvalue weighted by Crippen LogP contribution is -2.27. The summed E-state index contributed by atoms with van der Waals surface area (Å²) in [6.45, 7) is 2.04. The molecule has 0 aromatic heterocycles. The van der Waals surface area contributed by atoms with Gasteiger partial charge in [-0.15, -0.1) is 0 Å². The molecule has 0 aliphatic rings. The molecule has 4 nitrogen and oxygen atoms in total. The Bertz CT molecular complexity index is 684. The molecule has 2 N–H and O–H groups in total. The molecule has 2 aromatic rings. The first-order valence-electron chi connectivity index (χ1n) is 7.40. The maximum absolute atomic E-state index is 11.9. The van der Waals surface area contributed by atoms with E-state index in [1.807, 2.05) is 36.4 Å². The van der Waals surface area contributed by atoms with Crippen molar-refractivity contribution in [2.75, 3.05) is 11.9 Å². The number of hydrogen-bond donors (Lipinski definition) is 2. The number of benzene rings is 2. The lowest BCUT2D eigenvalue weighted by Gasteiger charge is -2.07. The molecule has 23 heavy (non-hydrogen) atoms. The van der Waals surface area contributed by atoms with Crippen LogP contribution in [0.2, 0.25) is 5.02 Å². The largest absolute Gasteiger partial charge is 0.355 e. The van der Waals surface area contributed by atoms with E-state index in [-0.39, 0.29) is 11.8 Å². The molecule has 5 heteroatoms. The van der Waals surface area contributed by atoms with Crippen molar-refractivity contribution in [3.8, 4) is 0 Å². The molecule has 2 amide bonds. The van der Waals surface area contributed by atoms with Gasteiger partial charge in [0.2, 0.25) is 11.8 Å². The highest BCUT2D eigenvalue weighted by atomic mass is 35.5. The average molecular weight is 331 g/mol. The lowest BCUT2D eigenvalue weighted by atomic mass is 10.1. The van der Waals surface area contributed by atoms with Gasteiger partial charge in [-0.3, -0.25) is 9.59 Å². The molecule has 0 heterocycles. The Balaban J connectivity index is 1.76. The molecular formula is C18H19ClN2O2. The summed E-state index contributed by atoms with van der Waals surface area (Å²) in [4.78, 5) is 22.8. The van der Waals surface area contributed by atoms with Crippen LogP contribution in [-0.2, 0) is 22.4 Å². The van der Waals surface area contributed by atoms with Crippen LogP contribution in [0.1, 0.15) is 18.1 Å². The van der Waals surface area contributed by atoms with E-state index in [1.54, 1.807) is 12.1 Å². The van der Waals surface area contributed by atoms with Gasteiger partial charge in [-0.1, -0.05) is 35.9 Å². The van der Waals surface area contributed by atoms with E-state index in [1.165, 1.54) is 6.92 Å². The minimum atomic E-state index is -0.0916. The van der Waals surface area contributed by atoms with Crippen molar-refractivity contribution in [3.63, 3.8) is 0 Å². The first-order chi connectivity index (χ1) is 11.0. The number of nitrogens with one attached hydrogen (secondary N) is 2. The van der Waals surface area contributed by atoms with E-state index in [0.717, 1.165) is 23.2 Å². The van der Waals surface area contributed by atoms with Crippen LogP contribution in [0.15, 0.2) is 48.5 Å². The van der Waals surface area contributed by atoms with Gasteiger partial charge in [-0.2, -0.15) is 0 Å². The van der Waals surface area contributed by atoms with Crippen LogP contribution in [0.4, 0.5) is 5.69 Å². The van der Waals surface area contributed by atoms with Crippen LogP contribution in [0, 0.1) is 0 Å². The van der Waals surface area contributed by atoms with E-state index in [9.17, 15) is 9.59 Å². The second-order valence-electron chi connectivity index (χ2n) is 5.28. The molecule has 0 fully saturated rings. The summed E-state index contributed by atoms with van der Waals surface area (Å²) in [7, 11) is 0. The minimum absolute atomic E-state index is 0.0258. The fraction of sp³-hybridized carbons (Fsp3) is 0.222. The van der Waals surface area contributed by atoms with Crippen LogP contribution in [0.5, 0.6) is 0 Å². The van der Waals surface area contributed by atoms with Crippen molar-refractivity contribution in [1.82, 2.24) is 5.32 Å². The Morgan fingerprint density at radius 3 is 2.43 bits per heavy atom. The van der Waals surface area contributed by atoms with Crippen LogP contribution < -0.4 is 10.6 Å². The molecule has 2 aromatic carbocycles. The zero-order valence-corrected chi connectivity index (χ0v) is 13.7. The monoisotopic (exact) mass is 330 g/mol. The van der Waals surface area contributed by atoms with Crippen LogP contribution in [0.3, 0.4) is 0 Å². The van der Waals surface area contributed by atoms with Gasteiger partial charge in [0.15, 0.2) is 0 Å². The zero-order valence-electron chi connectivity index (χ0n) is 12.9. The molecule has 0 bridgehead atoms. The zero-order chi connectivity index (χ0) is 16.7. The molecule has 0 unspecified atom stereocenters. The number of amides is 2. The third-order valence-corrected chi connectivity index (χ3v) is 3.50. The Hall–Kier alpha value is -2.33. The SMILES string of the molecule is CC(=O)Nc1ccc(CCNC(=O)Cc2cccc(Cl)c2)cc1. The topological polar surface area (TPSA) is 58.2 Å². The maximum atomic E-state index is 11.9. The Labute approximate surface area is 140 Å². The summed E-state index contributed by atoms with van der Waals surface area (Å²) in [5.41, 5.74) is 2.77. The molecular weight excluding hydrogens is 312 g/mol. The predicted octanol–water partition coefficient (Wildman–Crippen LogP) is 3.20. The third-order valence-electron chi connectivity index (χ3n) is 3.26. The Kier molecular flexibility index (Phi) is 6.18. The second kappa shape index (κ2) is 8.34. The molecule has 0 aliphatic carbocycles. The number of rotatable bonds is 6. The molecule has 0 spiro atoms. The van der Waals surface area contributed by atoms with Gasteiger partial charge in [-0.05, 0) is 41.8 Å². The fourth-order valence-corrected chi connectivity index (χ4v) is 2.41. The van der Waals surface area contributed by atoms with E-state index >= 15 is 0 Å². The number of carbonyl (C=O) groups is 2. The first-order valence-corrected chi connectivity index (χ1v) is 7.78. The number of halogens is 1. The molecule has 0 atom stereocenters. The van der Waals surface area contributed by atoms with Crippen molar-refractivity contribution < 1.29 is 9.59 Å². The van der Waals surface area contributed by atoms with Gasteiger partial charge >= 0.3 is 0 Å². The van der Waals surface area contributed by atoms with Gasteiger partial charge in [0, 0.05) is 24.2 Å². The van der Waals surface area contributed by atoms with Crippen molar-refractivity contribution in [2.45, 2.75) is 19.8 Å². The number of carbonyl (C=O) groups excluding carboxylic acids is 2. The lowest BCUT2D eigenvalue weighted by molar-refractivity contribution is -0.120. The summed E-state index contributed by atoms with van der Waals surface area (Å²) in [5, 5.41) is 6.25. The quantitative estimate of drug-likeness (QED) is 0.854. The number of hydrogen-bond acceptors (Lipinski definition) is 2. The van der Waals surface area contributed by atoms with Crippen LogP contribution in [0.25, 0.3) is 0 Å². The van der Waals surface area contributed by atoms with Crippen molar-refractivity contribution in [3.05, 3.63) is 64.7 Å². The van der Waals surface area contributed by atoms with E-state index in [0.29, 0.717) is 18.0 Å². The Morgan fingerprint density at radius 2 is 1.78 bits per heavy atom. The summed E-state index contributed by atoms with van der Waals surface area (Å²) >= 11 is 5.90. The van der Waals surface area contributed by atoms with Crippen molar-refractivity contribution in [2.24, 2.45) is 0 Å². The van der Waals surface area contributed by atoms with Crippen LogP contribution >= 0.6 is 11.6 Å². The van der Waals surface area contributed by atoms with E-state index in [4.69, 9.17) is 11.6 Å². The van der Waals surface area contributed by atoms with Gasteiger partial charge in [0.05, 0.1) is 6.42 Å². The molecule has 0 radical (unpaired) electrons. The summed E-state index contributed by atoms with van der Waals surface area (Å²) in [6.07, 6.45) is 1.06. The highest BCUT2D eigenvalue weighted by Gasteiger charge is 2.04. The standard InChI is InChI=1S/C18H19ClN2O2/c1-13(22)21-17-7-5-14(6-8-17)9-10-20-18(23)12-15-3-2-4-16(19)11-15/h2-8,11H,9-10,12H2,1H3,(H,20,23)(H,21,22). The number of anilines is 1. The molecule has 0 saturated carbocycles. The first kappa shape index (κ1) is 17.0. The third kappa shape index (κ3) is 6.12. The average Bonchev–Trinajstić information content (AvgIpc) is 2.48. The molecule has 0 aliphatic heterocycles. The second-order valence-corrected chi connectivity index (χ2v) is 5.72. The van der Waals surface area contributed by atoms with Gasteiger partial charge in [0.25, 0.3) is 0 Å². The summed E-state index contributed by atoms with van der Waals surface area (Å²) in [5.74, 6) is -0.117. The van der Waals surface area contributed by atoms with Crippen molar-refractivity contribution >= 4 is 29.1 Å². The smallest absolute Gasteiger partial charge is 0.224 e. The van der Waals surface area contributed by atoms with Gasteiger partial charge < -0.3 is 10.6 Å². The highest BCUT2D eigenvalue weighted by Crippen LogP contribution is 2.11. The molecule has 2 rings (SSSR count). The van der Waals surface area contributed by atoms with E-state index < -0.39 is 0 Å². The summed E-state index contributed by atoms with van der Waals surface area (Å²) < 4.78 is 0. The minimum Gasteiger partial charge on any atom is -0.355 e. The maximum Gasteiger partial charge on any atom is 0.224 e. The van der Waals surface area contributed by atoms with Gasteiger partial charge in [0.1, 0.15) is 0 Å². The van der Waals surface area contributed by atoms with Crippen molar-refractivity contribution in [1.29, 1.82) is 0 Å². The molecule has 120 valence electrons. The van der Waals surface area contributed by atoms with Crippen LogP contribution in [-0.4, -0.2) is 18.4 Å². The Morgan fingerprint density at radius 1 is 1.04 bits per heavy atom. The predicted molar refractivity (Wildman–Crippen MR) is 92.6 cm³/mol. The van der Waals surface area contributed by atoms with E-state index in [2.05, 4.69) is 10.6 Å². The normalized spacial score (nSPS) is 10.2.